The molecule has 0 aromatic heterocycles. The Morgan fingerprint density at radius 3 is 1.87 bits per heavy atom. The van der Waals surface area contributed by atoms with Crippen LogP contribution in [0.2, 0.25) is 0 Å². The maximum atomic E-state index is 3.86. The highest BCUT2D eigenvalue weighted by Crippen LogP contribution is 2.58. The predicted molar refractivity (Wildman–Crippen MR) is 101 cm³/mol. The first kappa shape index (κ1) is 15.6. The molecule has 23 heavy (non-hydrogen) atoms. The normalized spacial score (nSPS) is 19.2. The third kappa shape index (κ3) is 4.10. The molecule has 0 radical (unpaired) electrons. The van der Waals surface area contributed by atoms with Gasteiger partial charge in [-0.3, -0.25) is 0 Å². The van der Waals surface area contributed by atoms with Crippen molar-refractivity contribution in [3.63, 3.8) is 0 Å². The van der Waals surface area contributed by atoms with Crippen molar-refractivity contribution >= 4 is 12.2 Å². The molecule has 2 aromatic rings. The van der Waals surface area contributed by atoms with E-state index in [0.717, 1.165) is 12.3 Å². The van der Waals surface area contributed by atoms with E-state index in [0.29, 0.717) is 0 Å². The van der Waals surface area contributed by atoms with Gasteiger partial charge < -0.3 is 0 Å². The molecule has 0 saturated heterocycles. The second-order valence-corrected chi connectivity index (χ2v) is 6.37. The van der Waals surface area contributed by atoms with Gasteiger partial charge in [0, 0.05) is 5.41 Å². The molecule has 2 aromatic carbocycles. The van der Waals surface area contributed by atoms with Gasteiger partial charge in [0.2, 0.25) is 0 Å². The van der Waals surface area contributed by atoms with Gasteiger partial charge in [-0.15, -0.1) is 6.58 Å². The quantitative estimate of drug-likeness (QED) is 0.520. The van der Waals surface area contributed by atoms with Crippen LogP contribution in [0.4, 0.5) is 0 Å². The molecular weight excluding hydrogens is 276 g/mol. The minimum atomic E-state index is 0.217. The lowest BCUT2D eigenvalue weighted by Crippen LogP contribution is -1.95. The summed E-state index contributed by atoms with van der Waals surface area (Å²) >= 11 is 0. The highest BCUT2D eigenvalue weighted by molar-refractivity contribution is 5.56. The van der Waals surface area contributed by atoms with Crippen LogP contribution in [0.1, 0.15) is 30.4 Å². The smallest absolute Gasteiger partial charge is 0.00993 e. The molecule has 3 rings (SSSR count). The molecular formula is C23H24. The molecule has 116 valence electrons. The fraction of sp³-hybridized carbons (Fsp3) is 0.217. The third-order valence-electron chi connectivity index (χ3n) is 4.69. The van der Waals surface area contributed by atoms with Crippen molar-refractivity contribution in [1.82, 2.24) is 0 Å². The van der Waals surface area contributed by atoms with Gasteiger partial charge in [-0.1, -0.05) is 91.0 Å². The summed E-state index contributed by atoms with van der Waals surface area (Å²) in [5, 5.41) is 0. The summed E-state index contributed by atoms with van der Waals surface area (Å²) in [4.78, 5) is 0. The first-order valence-electron chi connectivity index (χ1n) is 8.42. The van der Waals surface area contributed by atoms with Gasteiger partial charge in [-0.2, -0.15) is 0 Å². The molecule has 0 N–H and O–H groups in total. The third-order valence-corrected chi connectivity index (χ3v) is 4.69. The molecule has 0 heterocycles. The van der Waals surface area contributed by atoms with Gasteiger partial charge in [-0.05, 0) is 36.3 Å². The van der Waals surface area contributed by atoms with E-state index in [4.69, 9.17) is 0 Å². The minimum absolute atomic E-state index is 0.217. The molecule has 1 aliphatic rings. The van der Waals surface area contributed by atoms with Gasteiger partial charge in [0.05, 0.1) is 0 Å². The summed E-state index contributed by atoms with van der Waals surface area (Å²) in [5.74, 6) is 0.737. The standard InChI is InChI=1S/C23H24/c1-2-3-14-22-19-23(22,17-15-20-10-6-4-7-11-20)18-16-21-12-8-5-9-13-21/h2,4-13,15-18,22H,1,3,14,19H2/b17-15+,18-16+/t22-/m0/s1. The van der Waals surface area contributed by atoms with E-state index in [-0.39, 0.29) is 5.41 Å². The Balaban J connectivity index is 1.77. The summed E-state index contributed by atoms with van der Waals surface area (Å²) in [6, 6.07) is 21.1. The van der Waals surface area contributed by atoms with Crippen LogP contribution in [0.3, 0.4) is 0 Å². The average Bonchev–Trinajstić information content (AvgIpc) is 3.32. The predicted octanol–water partition coefficient (Wildman–Crippen LogP) is 6.39. The summed E-state index contributed by atoms with van der Waals surface area (Å²) in [6.45, 7) is 3.86. The number of allylic oxidation sites excluding steroid dienone is 3. The summed E-state index contributed by atoms with van der Waals surface area (Å²) in [6.07, 6.45) is 14.9. The lowest BCUT2D eigenvalue weighted by Gasteiger charge is -2.07. The molecule has 1 atom stereocenters. The number of rotatable bonds is 7. The molecule has 0 aliphatic heterocycles. The van der Waals surface area contributed by atoms with Crippen LogP contribution >= 0.6 is 0 Å². The zero-order valence-corrected chi connectivity index (χ0v) is 13.6. The summed E-state index contributed by atoms with van der Waals surface area (Å²) in [5.41, 5.74) is 2.76. The summed E-state index contributed by atoms with van der Waals surface area (Å²) in [7, 11) is 0. The molecule has 0 spiro atoms. The molecule has 0 amide bonds. The van der Waals surface area contributed by atoms with Crippen LogP contribution < -0.4 is 0 Å². The Morgan fingerprint density at radius 2 is 1.39 bits per heavy atom. The Bertz CT molecular complexity index is 627. The van der Waals surface area contributed by atoms with Crippen LogP contribution in [0, 0.1) is 11.3 Å². The highest BCUT2D eigenvalue weighted by atomic mass is 14.5. The molecule has 1 fully saturated rings. The van der Waals surface area contributed by atoms with Crippen LogP contribution in [0.5, 0.6) is 0 Å². The molecule has 1 aliphatic carbocycles. The minimum Gasteiger partial charge on any atom is -0.103 e. The summed E-state index contributed by atoms with van der Waals surface area (Å²) < 4.78 is 0. The maximum Gasteiger partial charge on any atom is 0.00993 e. The van der Waals surface area contributed by atoms with Gasteiger partial charge in [0.1, 0.15) is 0 Å². The van der Waals surface area contributed by atoms with Crippen molar-refractivity contribution in [2.24, 2.45) is 11.3 Å². The van der Waals surface area contributed by atoms with E-state index >= 15 is 0 Å². The van der Waals surface area contributed by atoms with E-state index in [1.54, 1.807) is 0 Å². The van der Waals surface area contributed by atoms with Crippen LogP contribution in [0.15, 0.2) is 85.5 Å². The number of hydrogen-bond donors (Lipinski definition) is 0. The van der Waals surface area contributed by atoms with Crippen molar-refractivity contribution in [2.45, 2.75) is 19.3 Å². The lowest BCUT2D eigenvalue weighted by atomic mass is 9.97. The van der Waals surface area contributed by atoms with Crippen LogP contribution in [0.25, 0.3) is 12.2 Å². The molecule has 0 bridgehead atoms. The molecule has 0 heteroatoms. The fourth-order valence-electron chi connectivity index (χ4n) is 3.15. The van der Waals surface area contributed by atoms with Crippen LogP contribution in [-0.4, -0.2) is 0 Å². The topological polar surface area (TPSA) is 0 Å². The van der Waals surface area contributed by atoms with Gasteiger partial charge >= 0.3 is 0 Å². The zero-order valence-electron chi connectivity index (χ0n) is 13.6. The number of benzene rings is 2. The fourth-order valence-corrected chi connectivity index (χ4v) is 3.15. The Morgan fingerprint density at radius 1 is 0.870 bits per heavy atom. The monoisotopic (exact) mass is 300 g/mol. The van der Waals surface area contributed by atoms with Gasteiger partial charge in [0.15, 0.2) is 0 Å². The SMILES string of the molecule is C=CCC[C@H]1CC1(/C=C/c1ccccc1)/C=C/c1ccccc1. The second kappa shape index (κ2) is 7.28. The Kier molecular flexibility index (Phi) is 4.92. The largest absolute Gasteiger partial charge is 0.103 e. The Hall–Kier alpha value is -2.34. The molecule has 1 saturated carbocycles. The van der Waals surface area contributed by atoms with Crippen molar-refractivity contribution in [3.05, 3.63) is 96.6 Å². The first-order valence-corrected chi connectivity index (χ1v) is 8.42. The second-order valence-electron chi connectivity index (χ2n) is 6.37. The van der Waals surface area contributed by atoms with E-state index in [2.05, 4.69) is 91.5 Å². The first-order chi connectivity index (χ1) is 11.3. The van der Waals surface area contributed by atoms with Crippen LogP contribution in [-0.2, 0) is 0 Å². The Labute approximate surface area is 139 Å². The van der Waals surface area contributed by atoms with Crippen molar-refractivity contribution < 1.29 is 0 Å². The zero-order chi connectivity index (χ0) is 16.0. The average molecular weight is 300 g/mol. The van der Waals surface area contributed by atoms with Crippen molar-refractivity contribution in [2.75, 3.05) is 0 Å². The van der Waals surface area contributed by atoms with E-state index < -0.39 is 0 Å². The van der Waals surface area contributed by atoms with E-state index in [1.807, 2.05) is 6.08 Å². The number of hydrogen-bond acceptors (Lipinski definition) is 0. The maximum absolute atomic E-state index is 3.86. The molecule has 0 nitrogen and oxygen atoms in total. The van der Waals surface area contributed by atoms with Gasteiger partial charge in [0.25, 0.3) is 0 Å². The molecule has 0 unspecified atom stereocenters. The van der Waals surface area contributed by atoms with Crippen molar-refractivity contribution in [1.29, 1.82) is 0 Å². The van der Waals surface area contributed by atoms with Gasteiger partial charge in [-0.25, -0.2) is 0 Å². The highest BCUT2D eigenvalue weighted by Gasteiger charge is 2.48. The lowest BCUT2D eigenvalue weighted by molar-refractivity contribution is 0.643. The van der Waals surface area contributed by atoms with E-state index in [9.17, 15) is 0 Å². The van der Waals surface area contributed by atoms with Crippen molar-refractivity contribution in [3.8, 4) is 0 Å². The van der Waals surface area contributed by atoms with E-state index in [1.165, 1.54) is 24.0 Å².